The van der Waals surface area contributed by atoms with E-state index in [1.165, 1.54) is 11.3 Å². The molecule has 2 fully saturated rings. The summed E-state index contributed by atoms with van der Waals surface area (Å²) in [5, 5.41) is 0.550. The Bertz CT molecular complexity index is 1790. The van der Waals surface area contributed by atoms with Crippen molar-refractivity contribution in [2.45, 2.75) is 57.6 Å². The zero-order valence-electron chi connectivity index (χ0n) is 23.6. The maximum atomic E-state index is 13.0. The summed E-state index contributed by atoms with van der Waals surface area (Å²) < 4.78 is 53.1. The second-order valence-corrected chi connectivity index (χ2v) is 13.0. The topological polar surface area (TPSA) is 78.6 Å². The van der Waals surface area contributed by atoms with E-state index in [9.17, 15) is 22.8 Å². The molecule has 0 amide bonds. The first-order chi connectivity index (χ1) is 20.4. The van der Waals surface area contributed by atoms with Crippen molar-refractivity contribution in [2.75, 3.05) is 26.3 Å². The smallest absolute Gasteiger partial charge is 0.406 e. The van der Waals surface area contributed by atoms with Crippen LogP contribution in [0.25, 0.3) is 21.3 Å². The van der Waals surface area contributed by atoms with Gasteiger partial charge in [-0.25, -0.2) is 4.79 Å². The molecule has 0 bridgehead atoms. The fourth-order valence-corrected chi connectivity index (χ4v) is 7.47. The summed E-state index contributed by atoms with van der Waals surface area (Å²) in [7, 11) is 0. The molecule has 6 rings (SSSR count). The van der Waals surface area contributed by atoms with Crippen molar-refractivity contribution in [1.29, 1.82) is 0 Å². The van der Waals surface area contributed by atoms with Crippen LogP contribution in [0, 0.1) is 6.92 Å². The van der Waals surface area contributed by atoms with Crippen molar-refractivity contribution in [3.05, 3.63) is 79.0 Å². The summed E-state index contributed by atoms with van der Waals surface area (Å²) in [6.07, 6.45) is -0.252. The van der Waals surface area contributed by atoms with E-state index in [0.717, 1.165) is 83.1 Å². The van der Waals surface area contributed by atoms with Crippen molar-refractivity contribution in [3.8, 4) is 16.9 Å². The number of hydrogen-bond acceptors (Lipinski definition) is 7. The van der Waals surface area contributed by atoms with Crippen LogP contribution in [0.1, 0.15) is 30.2 Å². The lowest BCUT2D eigenvalue weighted by atomic mass is 9.74. The highest BCUT2D eigenvalue weighted by Crippen LogP contribution is 2.45. The molecule has 3 aromatic heterocycles. The predicted octanol–water partition coefficient (Wildman–Crippen LogP) is 5.49. The summed E-state index contributed by atoms with van der Waals surface area (Å²) in [6, 6.07) is 8.30. The van der Waals surface area contributed by atoms with Crippen LogP contribution in [0.15, 0.2) is 52.3 Å². The Hall–Kier alpha value is -3.19. The fourth-order valence-electron chi connectivity index (χ4n) is 6.07. The monoisotopic (exact) mass is 634 g/mol. The number of alkyl halides is 3. The van der Waals surface area contributed by atoms with E-state index < -0.39 is 24.0 Å². The molecule has 13 heteroatoms. The van der Waals surface area contributed by atoms with E-state index >= 15 is 0 Å². The van der Waals surface area contributed by atoms with Gasteiger partial charge in [-0.1, -0.05) is 11.6 Å². The maximum absolute atomic E-state index is 13.0. The van der Waals surface area contributed by atoms with Gasteiger partial charge in [0.15, 0.2) is 0 Å². The number of pyridine rings is 1. The number of nitrogens with zero attached hydrogens (tertiary/aromatic N) is 4. The predicted molar refractivity (Wildman–Crippen MR) is 159 cm³/mol. The summed E-state index contributed by atoms with van der Waals surface area (Å²) in [5.41, 5.74) is 1.51. The summed E-state index contributed by atoms with van der Waals surface area (Å²) >= 11 is 7.84. The van der Waals surface area contributed by atoms with Gasteiger partial charge in [0.2, 0.25) is 0 Å². The number of hydrogen-bond donors (Lipinski definition) is 0. The van der Waals surface area contributed by atoms with Gasteiger partial charge < -0.3 is 9.47 Å². The number of benzene rings is 1. The third-order valence-corrected chi connectivity index (χ3v) is 9.55. The van der Waals surface area contributed by atoms with Crippen molar-refractivity contribution >= 4 is 33.2 Å². The van der Waals surface area contributed by atoms with Crippen LogP contribution in [0.4, 0.5) is 13.2 Å². The minimum absolute atomic E-state index is 0.0338. The molecule has 1 aromatic carbocycles. The Morgan fingerprint density at radius 3 is 2.60 bits per heavy atom. The molecule has 4 heterocycles. The number of rotatable bonds is 7. The summed E-state index contributed by atoms with van der Waals surface area (Å²) in [5.74, 6) is 0.732. The van der Waals surface area contributed by atoms with E-state index in [-0.39, 0.29) is 18.2 Å². The number of fused-ring (bicyclic) bond motifs is 1. The number of halogens is 4. The number of ether oxygens (including phenoxy) is 2. The van der Waals surface area contributed by atoms with Gasteiger partial charge in [-0.3, -0.25) is 23.8 Å². The van der Waals surface area contributed by atoms with Gasteiger partial charge in [0, 0.05) is 71.0 Å². The zero-order valence-corrected chi connectivity index (χ0v) is 25.2. The largest absolute Gasteiger partial charge is 0.489 e. The van der Waals surface area contributed by atoms with E-state index in [2.05, 4.69) is 16.8 Å². The Morgan fingerprint density at radius 1 is 1.14 bits per heavy atom. The first-order valence-corrected chi connectivity index (χ1v) is 15.1. The van der Waals surface area contributed by atoms with Gasteiger partial charge in [0.05, 0.1) is 30.0 Å². The molecule has 0 spiro atoms. The third-order valence-electron chi connectivity index (χ3n) is 8.19. The first kappa shape index (κ1) is 29.9. The highest BCUT2D eigenvalue weighted by Gasteiger charge is 2.46. The summed E-state index contributed by atoms with van der Waals surface area (Å²) in [6.45, 7) is 5.87. The van der Waals surface area contributed by atoms with Gasteiger partial charge in [-0.15, -0.1) is 11.3 Å². The fraction of sp³-hybridized carbons (Fsp3) is 0.433. The van der Waals surface area contributed by atoms with Crippen LogP contribution in [0.2, 0.25) is 5.02 Å². The average Bonchev–Trinajstić information content (AvgIpc) is 3.35. The molecule has 0 atom stereocenters. The van der Waals surface area contributed by atoms with E-state index in [1.807, 2.05) is 25.1 Å². The Balaban J connectivity index is 1.31. The second-order valence-electron chi connectivity index (χ2n) is 11.4. The molecule has 43 heavy (non-hydrogen) atoms. The van der Waals surface area contributed by atoms with Crippen molar-refractivity contribution in [3.63, 3.8) is 0 Å². The lowest BCUT2D eigenvalue weighted by molar-refractivity contribution is -0.141. The van der Waals surface area contributed by atoms with E-state index in [0.29, 0.717) is 20.0 Å². The molecular formula is C30H30ClF3N4O4S. The van der Waals surface area contributed by atoms with Gasteiger partial charge >= 0.3 is 11.9 Å². The van der Waals surface area contributed by atoms with Gasteiger partial charge in [0.25, 0.3) is 5.56 Å². The molecule has 1 saturated heterocycles. The molecule has 0 unspecified atom stereocenters. The number of aryl methyl sites for hydroxylation is 1. The summed E-state index contributed by atoms with van der Waals surface area (Å²) in [4.78, 5) is 32.8. The lowest BCUT2D eigenvalue weighted by Gasteiger charge is -2.53. The molecule has 4 aromatic rings. The molecule has 1 saturated carbocycles. The van der Waals surface area contributed by atoms with E-state index in [4.69, 9.17) is 21.1 Å². The van der Waals surface area contributed by atoms with Crippen LogP contribution in [-0.4, -0.2) is 63.1 Å². The molecule has 0 N–H and O–H groups in total. The molecule has 2 aliphatic rings. The average molecular weight is 635 g/mol. The van der Waals surface area contributed by atoms with Gasteiger partial charge in [-0.05, 0) is 43.7 Å². The maximum Gasteiger partial charge on any atom is 0.406 e. The minimum atomic E-state index is -4.60. The van der Waals surface area contributed by atoms with Crippen LogP contribution < -0.4 is 16.0 Å². The standard InChI is InChI=1S/C30H30ClF3N4O4S/c1-18-11-19(31)12-23(26(18)42-20-14-29(2,15-20)37-7-9-41-10-8-37)22-3-5-35-24-13-21(43-27(22)24)16-38-25(39)4-6-36(28(38)40)17-30(32,33)34/h3-6,11-13,20H,7-10,14-17H2,1-2H3. The van der Waals surface area contributed by atoms with Gasteiger partial charge in [-0.2, -0.15) is 13.2 Å². The number of thiophene rings is 1. The van der Waals surface area contributed by atoms with Crippen molar-refractivity contribution in [1.82, 2.24) is 19.0 Å². The Morgan fingerprint density at radius 2 is 1.88 bits per heavy atom. The molecule has 1 aliphatic carbocycles. The normalized spacial score (nSPS) is 21.2. The SMILES string of the molecule is Cc1cc(Cl)cc(-c2ccnc3cc(Cn4c(=O)ccn(CC(F)(F)F)c4=O)sc23)c1OC1CC(C)(N2CCOCC2)C1. The van der Waals surface area contributed by atoms with Crippen LogP contribution in [0.5, 0.6) is 5.75 Å². The second kappa shape index (κ2) is 11.4. The molecule has 1 aliphatic heterocycles. The lowest BCUT2D eigenvalue weighted by Crippen LogP contribution is -2.61. The Kier molecular flexibility index (Phi) is 7.91. The quantitative estimate of drug-likeness (QED) is 0.268. The van der Waals surface area contributed by atoms with Crippen LogP contribution in [-0.2, 0) is 17.8 Å². The molecule has 228 valence electrons. The first-order valence-electron chi connectivity index (χ1n) is 13.9. The molecular weight excluding hydrogens is 605 g/mol. The van der Waals surface area contributed by atoms with Crippen molar-refractivity contribution < 1.29 is 22.6 Å². The van der Waals surface area contributed by atoms with Crippen LogP contribution in [0.3, 0.4) is 0 Å². The number of morpholine rings is 1. The van der Waals surface area contributed by atoms with E-state index in [1.54, 1.807) is 12.3 Å². The third kappa shape index (κ3) is 6.11. The van der Waals surface area contributed by atoms with Crippen LogP contribution >= 0.6 is 22.9 Å². The molecule has 0 radical (unpaired) electrons. The van der Waals surface area contributed by atoms with Crippen molar-refractivity contribution in [2.24, 2.45) is 0 Å². The minimum Gasteiger partial charge on any atom is -0.489 e. The Labute approximate surface area is 254 Å². The number of aromatic nitrogens is 3. The highest BCUT2D eigenvalue weighted by atomic mass is 35.5. The molecule has 8 nitrogen and oxygen atoms in total. The highest BCUT2D eigenvalue weighted by molar-refractivity contribution is 7.19. The zero-order chi connectivity index (χ0) is 30.5. The van der Waals surface area contributed by atoms with Gasteiger partial charge in [0.1, 0.15) is 18.4 Å².